The lowest BCUT2D eigenvalue weighted by Crippen LogP contribution is -2.49. The van der Waals surface area contributed by atoms with E-state index in [1.165, 1.54) is 13.8 Å². The van der Waals surface area contributed by atoms with Crippen LogP contribution in [0.5, 0.6) is 0 Å². The molecule has 0 aliphatic rings. The number of amides is 1. The summed E-state index contributed by atoms with van der Waals surface area (Å²) in [5, 5.41) is 25.9. The molecule has 0 fully saturated rings. The van der Waals surface area contributed by atoms with Crippen LogP contribution in [0.4, 0.5) is 4.79 Å². The molecule has 1 amide bonds. The molecule has 0 saturated carbocycles. The van der Waals surface area contributed by atoms with Gasteiger partial charge >= 0.3 is 18.0 Å². The van der Waals surface area contributed by atoms with Gasteiger partial charge in [0.1, 0.15) is 6.04 Å². The Balaban J connectivity index is 4.92. The van der Waals surface area contributed by atoms with Gasteiger partial charge in [0.25, 0.3) is 0 Å². The summed E-state index contributed by atoms with van der Waals surface area (Å²) >= 11 is 0. The first-order chi connectivity index (χ1) is 6.77. The van der Waals surface area contributed by atoms with Gasteiger partial charge in [0.05, 0.1) is 6.42 Å². The lowest BCUT2D eigenvalue weighted by Gasteiger charge is -2.28. The molecule has 0 aliphatic carbocycles. The molecule has 0 rings (SSSR count). The zero-order valence-electron chi connectivity index (χ0n) is 8.38. The second kappa shape index (κ2) is 5.18. The van der Waals surface area contributed by atoms with Crippen molar-refractivity contribution in [3.05, 3.63) is 0 Å². The van der Waals surface area contributed by atoms with Gasteiger partial charge in [0.2, 0.25) is 0 Å². The summed E-state index contributed by atoms with van der Waals surface area (Å²) in [6, 6.07) is -2.15. The number of nitrogens with zero attached hydrogens (tertiary/aromatic N) is 1. The third kappa shape index (κ3) is 3.84. The van der Waals surface area contributed by atoms with E-state index in [4.69, 9.17) is 15.3 Å². The first kappa shape index (κ1) is 13.2. The van der Waals surface area contributed by atoms with Gasteiger partial charge in [-0.05, 0) is 13.8 Å². The summed E-state index contributed by atoms with van der Waals surface area (Å²) in [6.07, 6.45) is -2.20. The molecular formula is C8H13NO6. The topological polar surface area (TPSA) is 115 Å². The second-order valence-corrected chi connectivity index (χ2v) is 3.24. The molecule has 86 valence electrons. The molecule has 0 radical (unpaired) electrons. The van der Waals surface area contributed by atoms with Crippen LogP contribution in [0, 0.1) is 0 Å². The van der Waals surface area contributed by atoms with Crippen molar-refractivity contribution < 1.29 is 29.7 Å². The molecule has 7 heteroatoms. The Morgan fingerprint density at radius 1 is 1.13 bits per heavy atom. The van der Waals surface area contributed by atoms with Crippen LogP contribution in [0.15, 0.2) is 0 Å². The fraction of sp³-hybridized carbons (Fsp3) is 0.625. The minimum Gasteiger partial charge on any atom is -0.481 e. The van der Waals surface area contributed by atoms with Crippen molar-refractivity contribution in [2.45, 2.75) is 32.4 Å². The molecule has 3 N–H and O–H groups in total. The van der Waals surface area contributed by atoms with Crippen molar-refractivity contribution in [1.82, 2.24) is 4.90 Å². The summed E-state index contributed by atoms with van der Waals surface area (Å²) in [5.41, 5.74) is 0. The smallest absolute Gasteiger partial charge is 0.408 e. The maximum absolute atomic E-state index is 10.7. The van der Waals surface area contributed by atoms with E-state index in [0.717, 1.165) is 0 Å². The summed E-state index contributed by atoms with van der Waals surface area (Å²) in [4.78, 5) is 32.4. The second-order valence-electron chi connectivity index (χ2n) is 3.24. The molecule has 0 aromatic heterocycles. The van der Waals surface area contributed by atoms with Gasteiger partial charge < -0.3 is 15.3 Å². The van der Waals surface area contributed by atoms with Gasteiger partial charge in [-0.3, -0.25) is 9.69 Å². The minimum absolute atomic E-state index is 0.594. The maximum Gasteiger partial charge on any atom is 0.408 e. The molecule has 1 unspecified atom stereocenters. The first-order valence-corrected chi connectivity index (χ1v) is 4.23. The van der Waals surface area contributed by atoms with Gasteiger partial charge in [-0.1, -0.05) is 0 Å². The van der Waals surface area contributed by atoms with Gasteiger partial charge in [0, 0.05) is 6.04 Å². The molecule has 0 spiro atoms. The van der Waals surface area contributed by atoms with Crippen molar-refractivity contribution in [1.29, 1.82) is 0 Å². The van der Waals surface area contributed by atoms with Crippen LogP contribution in [0.2, 0.25) is 0 Å². The number of carboxylic acids is 2. The molecule has 0 aliphatic heterocycles. The fourth-order valence-electron chi connectivity index (χ4n) is 1.18. The maximum atomic E-state index is 10.7. The number of hydrogen-bond donors (Lipinski definition) is 3. The summed E-state index contributed by atoms with van der Waals surface area (Å²) < 4.78 is 0. The average molecular weight is 219 g/mol. The van der Waals surface area contributed by atoms with E-state index in [1.54, 1.807) is 0 Å². The number of carboxylic acid groups (broad SMARTS) is 3. The molecule has 0 aromatic carbocycles. The quantitative estimate of drug-likeness (QED) is 0.612. The zero-order valence-corrected chi connectivity index (χ0v) is 8.38. The van der Waals surface area contributed by atoms with Gasteiger partial charge in [-0.15, -0.1) is 0 Å². The van der Waals surface area contributed by atoms with E-state index < -0.39 is 36.5 Å². The highest BCUT2D eigenvalue weighted by Gasteiger charge is 2.33. The lowest BCUT2D eigenvalue weighted by atomic mass is 10.1. The van der Waals surface area contributed by atoms with E-state index >= 15 is 0 Å². The molecule has 0 aromatic rings. The highest BCUT2D eigenvalue weighted by atomic mass is 16.4. The molecule has 0 bridgehead atoms. The van der Waals surface area contributed by atoms with Crippen LogP contribution in [0.1, 0.15) is 20.3 Å². The predicted molar refractivity (Wildman–Crippen MR) is 48.7 cm³/mol. The Morgan fingerprint density at radius 2 is 1.60 bits per heavy atom. The molecule has 7 nitrogen and oxygen atoms in total. The van der Waals surface area contributed by atoms with Crippen LogP contribution in [-0.2, 0) is 9.59 Å². The van der Waals surface area contributed by atoms with E-state index in [1.807, 2.05) is 0 Å². The third-order valence-corrected chi connectivity index (χ3v) is 1.77. The third-order valence-electron chi connectivity index (χ3n) is 1.77. The summed E-state index contributed by atoms with van der Waals surface area (Å²) in [7, 11) is 0. The van der Waals surface area contributed by atoms with Crippen molar-refractivity contribution in [3.63, 3.8) is 0 Å². The van der Waals surface area contributed by atoms with E-state index in [0.29, 0.717) is 4.90 Å². The number of carbonyl (C=O) groups is 3. The molecule has 1 atom stereocenters. The molecular weight excluding hydrogens is 206 g/mol. The Labute approximate surface area is 85.9 Å². The van der Waals surface area contributed by atoms with E-state index in [-0.39, 0.29) is 0 Å². The predicted octanol–water partition coefficient (Wildman–Crippen LogP) is 0.303. The summed E-state index contributed by atoms with van der Waals surface area (Å²) in [5.74, 6) is -2.82. The van der Waals surface area contributed by atoms with Crippen molar-refractivity contribution in [2.24, 2.45) is 0 Å². The zero-order chi connectivity index (χ0) is 12.2. The van der Waals surface area contributed by atoms with Gasteiger partial charge in [-0.25, -0.2) is 9.59 Å². The standard InChI is InChI=1S/C8H13NO6/c1-4(2)9(8(14)15)5(7(12)13)3-6(10)11/h4-5H,3H2,1-2H3,(H,10,11)(H,12,13)(H,14,15). The average Bonchev–Trinajstić information content (AvgIpc) is 2.00. The SMILES string of the molecule is CC(C)N(C(=O)O)C(CC(=O)O)C(=O)O. The molecule has 15 heavy (non-hydrogen) atoms. The van der Waals surface area contributed by atoms with Crippen LogP contribution in [0.25, 0.3) is 0 Å². The van der Waals surface area contributed by atoms with E-state index in [9.17, 15) is 14.4 Å². The van der Waals surface area contributed by atoms with Gasteiger partial charge in [0.15, 0.2) is 0 Å². The number of rotatable bonds is 5. The van der Waals surface area contributed by atoms with Crippen molar-refractivity contribution in [3.8, 4) is 0 Å². The Morgan fingerprint density at radius 3 is 1.80 bits per heavy atom. The minimum atomic E-state index is -1.56. The lowest BCUT2D eigenvalue weighted by molar-refractivity contribution is -0.149. The highest BCUT2D eigenvalue weighted by Crippen LogP contribution is 2.10. The highest BCUT2D eigenvalue weighted by molar-refractivity contribution is 5.84. The number of aliphatic carboxylic acids is 2. The monoisotopic (exact) mass is 219 g/mol. The van der Waals surface area contributed by atoms with Crippen LogP contribution in [-0.4, -0.2) is 50.3 Å². The fourth-order valence-corrected chi connectivity index (χ4v) is 1.18. The van der Waals surface area contributed by atoms with Crippen LogP contribution >= 0.6 is 0 Å². The first-order valence-electron chi connectivity index (χ1n) is 4.23. The van der Waals surface area contributed by atoms with Crippen molar-refractivity contribution >= 4 is 18.0 Å². The van der Waals surface area contributed by atoms with Crippen LogP contribution in [0.3, 0.4) is 0 Å². The Kier molecular flexibility index (Phi) is 4.56. The Hall–Kier alpha value is -1.79. The molecule has 0 saturated heterocycles. The van der Waals surface area contributed by atoms with Gasteiger partial charge in [-0.2, -0.15) is 0 Å². The normalized spacial score (nSPS) is 12.2. The molecule has 0 heterocycles. The van der Waals surface area contributed by atoms with Crippen LogP contribution < -0.4 is 0 Å². The van der Waals surface area contributed by atoms with E-state index in [2.05, 4.69) is 0 Å². The summed E-state index contributed by atoms with van der Waals surface area (Å²) in [6.45, 7) is 2.96. The number of hydrogen-bond acceptors (Lipinski definition) is 3. The van der Waals surface area contributed by atoms with Crippen molar-refractivity contribution in [2.75, 3.05) is 0 Å². The largest absolute Gasteiger partial charge is 0.481 e. The Bertz CT molecular complexity index is 274.